The molecule has 0 N–H and O–H groups in total. The zero-order chi connectivity index (χ0) is 19.1. The first-order chi connectivity index (χ1) is 13.1. The molecule has 2 spiro atoms. The van der Waals surface area contributed by atoms with Crippen LogP contribution in [0.4, 0.5) is 0 Å². The molecule has 4 aliphatic rings. The lowest BCUT2D eigenvalue weighted by atomic mass is 9.66. The summed E-state index contributed by atoms with van der Waals surface area (Å²) in [6.45, 7) is 10.7. The van der Waals surface area contributed by atoms with Gasteiger partial charge in [0, 0.05) is 29.6 Å². The predicted molar refractivity (Wildman–Crippen MR) is 108 cm³/mol. The van der Waals surface area contributed by atoms with Crippen LogP contribution >= 0.6 is 0 Å². The van der Waals surface area contributed by atoms with Crippen LogP contribution in [0.25, 0.3) is 0 Å². The number of aryl methyl sites for hydroxylation is 2. The van der Waals surface area contributed by atoms with Crippen LogP contribution in [0.2, 0.25) is 0 Å². The standard InChI is InChI=1S/C12H18N2.C8H11N3.C2H6/c1-9(2)10-8-11-12(5-6-12)4-3-7-14(11)13-10;1-2-8(3-1)4-5-11-7(8)6-9-10-11;1-2/h8-9H,3-7H2,1-2H3;6H,1-5H2;1-2H3. The fraction of sp³-hybridized carbons (Fsp3) is 0.773. The molecule has 0 amide bonds. The number of fused-ring (bicyclic) bond motifs is 4. The Kier molecular flexibility index (Phi) is 4.89. The molecule has 148 valence electrons. The van der Waals surface area contributed by atoms with E-state index in [1.165, 1.54) is 68.4 Å². The van der Waals surface area contributed by atoms with E-state index in [1.54, 1.807) is 0 Å². The van der Waals surface area contributed by atoms with Crippen molar-refractivity contribution >= 4 is 0 Å². The topological polar surface area (TPSA) is 48.5 Å². The second-order valence-electron chi connectivity index (χ2n) is 8.94. The van der Waals surface area contributed by atoms with Crippen molar-refractivity contribution in [2.24, 2.45) is 0 Å². The average molecular weight is 370 g/mol. The van der Waals surface area contributed by atoms with Crippen LogP contribution in [0, 0.1) is 0 Å². The van der Waals surface area contributed by atoms with Gasteiger partial charge in [-0.15, -0.1) is 5.10 Å². The third kappa shape index (κ3) is 3.13. The van der Waals surface area contributed by atoms with E-state index in [1.807, 2.05) is 20.0 Å². The maximum absolute atomic E-state index is 4.70. The van der Waals surface area contributed by atoms with E-state index < -0.39 is 0 Å². The molecule has 2 saturated carbocycles. The Morgan fingerprint density at radius 1 is 0.852 bits per heavy atom. The molecular weight excluding hydrogens is 334 g/mol. The van der Waals surface area contributed by atoms with Crippen molar-refractivity contribution in [3.63, 3.8) is 0 Å². The van der Waals surface area contributed by atoms with Gasteiger partial charge in [0.15, 0.2) is 0 Å². The average Bonchev–Trinajstić information content (AvgIpc) is 3.05. The molecular formula is C22H35N5. The predicted octanol–water partition coefficient (Wildman–Crippen LogP) is 4.96. The van der Waals surface area contributed by atoms with Crippen molar-refractivity contribution in [3.05, 3.63) is 29.3 Å². The molecule has 4 heterocycles. The van der Waals surface area contributed by atoms with E-state index in [0.29, 0.717) is 16.7 Å². The molecule has 27 heavy (non-hydrogen) atoms. The molecule has 2 aliphatic heterocycles. The van der Waals surface area contributed by atoms with E-state index in [-0.39, 0.29) is 0 Å². The lowest BCUT2D eigenvalue weighted by Crippen LogP contribution is -2.31. The Morgan fingerprint density at radius 2 is 1.56 bits per heavy atom. The fourth-order valence-corrected chi connectivity index (χ4v) is 5.06. The molecule has 6 rings (SSSR count). The maximum atomic E-state index is 4.70. The molecule has 0 radical (unpaired) electrons. The van der Waals surface area contributed by atoms with Crippen molar-refractivity contribution in [2.45, 2.75) is 109 Å². The first-order valence-electron chi connectivity index (χ1n) is 11.1. The molecule has 2 fully saturated rings. The van der Waals surface area contributed by atoms with Gasteiger partial charge in [-0.1, -0.05) is 39.3 Å². The number of hydrogen-bond acceptors (Lipinski definition) is 3. The maximum Gasteiger partial charge on any atom is 0.0730 e. The van der Waals surface area contributed by atoms with E-state index in [4.69, 9.17) is 5.10 Å². The van der Waals surface area contributed by atoms with Crippen LogP contribution in [0.3, 0.4) is 0 Å². The van der Waals surface area contributed by atoms with Crippen molar-refractivity contribution in [3.8, 4) is 0 Å². The Balaban J connectivity index is 0.000000125. The summed E-state index contributed by atoms with van der Waals surface area (Å²) >= 11 is 0. The summed E-state index contributed by atoms with van der Waals surface area (Å²) in [7, 11) is 0. The van der Waals surface area contributed by atoms with Crippen LogP contribution in [-0.4, -0.2) is 24.8 Å². The van der Waals surface area contributed by atoms with E-state index in [0.717, 1.165) is 13.1 Å². The first kappa shape index (κ1) is 18.7. The lowest BCUT2D eigenvalue weighted by molar-refractivity contribution is 0.243. The summed E-state index contributed by atoms with van der Waals surface area (Å²) in [5.41, 5.74) is 5.30. The second kappa shape index (κ2) is 7.06. The lowest BCUT2D eigenvalue weighted by Gasteiger charge is -2.37. The first-order valence-corrected chi connectivity index (χ1v) is 11.1. The molecule has 5 heteroatoms. The summed E-state index contributed by atoms with van der Waals surface area (Å²) in [5, 5.41) is 12.7. The van der Waals surface area contributed by atoms with Crippen LogP contribution in [0.5, 0.6) is 0 Å². The van der Waals surface area contributed by atoms with Gasteiger partial charge in [0.1, 0.15) is 0 Å². The Labute approximate surface area is 163 Å². The number of nitrogens with zero attached hydrogens (tertiary/aromatic N) is 5. The zero-order valence-electron chi connectivity index (χ0n) is 17.5. The number of aromatic nitrogens is 5. The van der Waals surface area contributed by atoms with E-state index >= 15 is 0 Å². The highest BCUT2D eigenvalue weighted by atomic mass is 15.4. The Bertz CT molecular complexity index is 776. The molecule has 2 aliphatic carbocycles. The molecule has 2 aromatic heterocycles. The minimum atomic E-state index is 0.517. The van der Waals surface area contributed by atoms with Gasteiger partial charge >= 0.3 is 0 Å². The van der Waals surface area contributed by atoms with Gasteiger partial charge in [-0.25, -0.2) is 4.68 Å². The summed E-state index contributed by atoms with van der Waals surface area (Å²) in [6.07, 6.45) is 12.9. The van der Waals surface area contributed by atoms with Gasteiger partial charge in [-0.3, -0.25) is 4.68 Å². The van der Waals surface area contributed by atoms with Gasteiger partial charge in [0.25, 0.3) is 0 Å². The normalized spacial score (nSPS) is 22.3. The summed E-state index contributed by atoms with van der Waals surface area (Å²) < 4.78 is 4.34. The molecule has 0 atom stereocenters. The summed E-state index contributed by atoms with van der Waals surface area (Å²) in [5.74, 6) is 0.573. The quantitative estimate of drug-likeness (QED) is 0.714. The zero-order valence-corrected chi connectivity index (χ0v) is 17.5. The summed E-state index contributed by atoms with van der Waals surface area (Å²) in [6, 6.07) is 2.36. The smallest absolute Gasteiger partial charge is 0.0730 e. The largest absolute Gasteiger partial charge is 0.269 e. The second-order valence-corrected chi connectivity index (χ2v) is 8.94. The van der Waals surface area contributed by atoms with Gasteiger partial charge in [-0.05, 0) is 56.9 Å². The van der Waals surface area contributed by atoms with Crippen molar-refractivity contribution in [2.75, 3.05) is 0 Å². The van der Waals surface area contributed by atoms with Gasteiger partial charge < -0.3 is 0 Å². The van der Waals surface area contributed by atoms with Gasteiger partial charge in [0.2, 0.25) is 0 Å². The molecule has 0 unspecified atom stereocenters. The van der Waals surface area contributed by atoms with E-state index in [9.17, 15) is 0 Å². The third-order valence-corrected chi connectivity index (χ3v) is 7.09. The van der Waals surface area contributed by atoms with Gasteiger partial charge in [-0.2, -0.15) is 5.10 Å². The fourth-order valence-electron chi connectivity index (χ4n) is 5.06. The molecule has 5 nitrogen and oxygen atoms in total. The summed E-state index contributed by atoms with van der Waals surface area (Å²) in [4.78, 5) is 0. The molecule has 2 aromatic rings. The highest BCUT2D eigenvalue weighted by Crippen LogP contribution is 2.54. The van der Waals surface area contributed by atoms with Gasteiger partial charge in [0.05, 0.1) is 17.6 Å². The van der Waals surface area contributed by atoms with Crippen molar-refractivity contribution < 1.29 is 0 Å². The van der Waals surface area contributed by atoms with Crippen LogP contribution < -0.4 is 0 Å². The Morgan fingerprint density at radius 3 is 2.19 bits per heavy atom. The van der Waals surface area contributed by atoms with Crippen molar-refractivity contribution in [1.29, 1.82) is 0 Å². The highest BCUT2D eigenvalue weighted by molar-refractivity contribution is 5.29. The number of rotatable bonds is 1. The number of hydrogen-bond donors (Lipinski definition) is 0. The minimum absolute atomic E-state index is 0.517. The van der Waals surface area contributed by atoms with E-state index in [2.05, 4.69) is 39.6 Å². The van der Waals surface area contributed by atoms with Crippen LogP contribution in [0.15, 0.2) is 12.3 Å². The molecule has 0 saturated heterocycles. The third-order valence-electron chi connectivity index (χ3n) is 7.09. The van der Waals surface area contributed by atoms with Crippen LogP contribution in [-0.2, 0) is 23.9 Å². The van der Waals surface area contributed by atoms with Crippen LogP contribution in [0.1, 0.15) is 102 Å². The monoisotopic (exact) mass is 369 g/mol. The molecule has 0 bridgehead atoms. The molecule has 0 aromatic carbocycles. The van der Waals surface area contributed by atoms with Crippen molar-refractivity contribution in [1.82, 2.24) is 24.8 Å². The minimum Gasteiger partial charge on any atom is -0.269 e. The Hall–Kier alpha value is -1.65. The highest BCUT2D eigenvalue weighted by Gasteiger charge is 2.48. The SMILES string of the molecule is CC.CC(C)c1cc2n(n1)CCCC21CC1.c1nnn2c1C1(CCC1)CC2.